The molecule has 0 fully saturated rings. The van der Waals surface area contributed by atoms with Gasteiger partial charge in [-0.1, -0.05) is 0 Å². The Balaban J connectivity index is 3.17. The Labute approximate surface area is 86.3 Å². The van der Waals surface area contributed by atoms with Crippen LogP contribution in [0.3, 0.4) is 0 Å². The monoisotopic (exact) mass is 232 g/mol. The van der Waals surface area contributed by atoms with Crippen molar-refractivity contribution in [3.8, 4) is 0 Å². The van der Waals surface area contributed by atoms with Gasteiger partial charge in [-0.25, -0.2) is 12.8 Å². The summed E-state index contributed by atoms with van der Waals surface area (Å²) in [6, 6.07) is 3.18. The quantitative estimate of drug-likeness (QED) is 0.789. The molecule has 0 aromatic heterocycles. The summed E-state index contributed by atoms with van der Waals surface area (Å²) in [4.78, 5) is 10.1. The van der Waals surface area contributed by atoms with E-state index in [1.165, 1.54) is 6.92 Å². The Kier molecular flexibility index (Phi) is 3.09. The molecule has 15 heavy (non-hydrogen) atoms. The Morgan fingerprint density at radius 2 is 2.07 bits per heavy atom. The first-order chi connectivity index (χ1) is 6.83. The van der Waals surface area contributed by atoms with Gasteiger partial charge in [-0.15, -0.1) is 0 Å². The first-order valence-corrected chi connectivity index (χ1v) is 5.69. The molecule has 0 aliphatic carbocycles. The molecular formula is C9H9FO4S. The number of hydrogen-bond donors (Lipinski definition) is 1. The topological polar surface area (TPSA) is 71.4 Å². The zero-order valence-electron chi connectivity index (χ0n) is 7.90. The van der Waals surface area contributed by atoms with Crippen LogP contribution in [0.5, 0.6) is 0 Å². The molecule has 0 saturated heterocycles. The third kappa shape index (κ3) is 2.76. The molecule has 0 saturated carbocycles. The van der Waals surface area contributed by atoms with Crippen LogP contribution in [0.1, 0.15) is 5.56 Å². The highest BCUT2D eigenvalue weighted by molar-refractivity contribution is 7.92. The fourth-order valence-electron chi connectivity index (χ4n) is 1.06. The van der Waals surface area contributed by atoms with E-state index in [2.05, 4.69) is 0 Å². The maximum atomic E-state index is 12.8. The van der Waals surface area contributed by atoms with E-state index in [0.29, 0.717) is 0 Å². The van der Waals surface area contributed by atoms with Crippen LogP contribution in [-0.2, 0) is 14.6 Å². The summed E-state index contributed by atoms with van der Waals surface area (Å²) < 4.78 is 35.6. The number of benzene rings is 1. The van der Waals surface area contributed by atoms with E-state index in [1.54, 1.807) is 0 Å². The van der Waals surface area contributed by atoms with Gasteiger partial charge in [0.05, 0.1) is 4.90 Å². The van der Waals surface area contributed by atoms with E-state index in [0.717, 1.165) is 18.2 Å². The third-order valence-electron chi connectivity index (χ3n) is 1.80. The molecule has 0 unspecified atom stereocenters. The van der Waals surface area contributed by atoms with Crippen molar-refractivity contribution < 1.29 is 22.7 Å². The highest BCUT2D eigenvalue weighted by Crippen LogP contribution is 2.15. The number of carboxylic acid groups (broad SMARTS) is 1. The lowest BCUT2D eigenvalue weighted by molar-refractivity contribution is -0.134. The summed E-state index contributed by atoms with van der Waals surface area (Å²) in [5.74, 6) is -2.95. The fourth-order valence-corrected chi connectivity index (χ4v) is 2.18. The molecule has 4 nitrogen and oxygen atoms in total. The summed E-state index contributed by atoms with van der Waals surface area (Å²) in [6.07, 6.45) is 0. The lowest BCUT2D eigenvalue weighted by Gasteiger charge is -2.03. The molecule has 0 aliphatic rings. The number of sulfone groups is 1. The van der Waals surface area contributed by atoms with Crippen molar-refractivity contribution in [2.45, 2.75) is 11.8 Å². The Bertz CT molecular complexity index is 493. The van der Waals surface area contributed by atoms with Gasteiger partial charge < -0.3 is 5.11 Å². The molecule has 6 heteroatoms. The molecule has 0 spiro atoms. The van der Waals surface area contributed by atoms with Crippen molar-refractivity contribution in [3.63, 3.8) is 0 Å². The van der Waals surface area contributed by atoms with E-state index < -0.39 is 27.4 Å². The van der Waals surface area contributed by atoms with Gasteiger partial charge in [0.2, 0.25) is 0 Å². The van der Waals surface area contributed by atoms with E-state index in [9.17, 15) is 17.6 Å². The Hall–Kier alpha value is -1.43. The van der Waals surface area contributed by atoms with E-state index in [-0.39, 0.29) is 10.5 Å². The molecule has 82 valence electrons. The molecule has 0 atom stereocenters. The molecule has 0 amide bonds. The van der Waals surface area contributed by atoms with E-state index in [1.807, 2.05) is 0 Å². The molecule has 0 aliphatic heterocycles. The molecule has 1 rings (SSSR count). The van der Waals surface area contributed by atoms with Crippen LogP contribution in [0.15, 0.2) is 23.1 Å². The molecule has 0 radical (unpaired) electrons. The van der Waals surface area contributed by atoms with Crippen molar-refractivity contribution in [2.75, 3.05) is 5.75 Å². The van der Waals surface area contributed by atoms with Crippen molar-refractivity contribution in [3.05, 3.63) is 29.6 Å². The second kappa shape index (κ2) is 3.98. The van der Waals surface area contributed by atoms with Crippen molar-refractivity contribution >= 4 is 15.8 Å². The average Bonchev–Trinajstić information content (AvgIpc) is 2.07. The van der Waals surface area contributed by atoms with Crippen molar-refractivity contribution in [2.24, 2.45) is 0 Å². The summed E-state index contributed by atoms with van der Waals surface area (Å²) in [6.45, 7) is 1.41. The lowest BCUT2D eigenvalue weighted by atomic mass is 10.2. The number of aryl methyl sites for hydroxylation is 1. The van der Waals surface area contributed by atoms with Gasteiger partial charge in [0.1, 0.15) is 5.82 Å². The van der Waals surface area contributed by atoms with Crippen molar-refractivity contribution in [1.82, 2.24) is 0 Å². The molecule has 1 aromatic carbocycles. The standard InChI is InChI=1S/C9H9FO4S/c1-6-4-7(2-3-8(6)10)15(13,14)5-9(11)12/h2-4H,5H2,1H3,(H,11,12). The van der Waals surface area contributed by atoms with E-state index in [4.69, 9.17) is 5.11 Å². The summed E-state index contributed by atoms with van der Waals surface area (Å²) >= 11 is 0. The van der Waals surface area contributed by atoms with Gasteiger partial charge >= 0.3 is 5.97 Å². The van der Waals surface area contributed by atoms with Gasteiger partial charge in [-0.3, -0.25) is 4.79 Å². The van der Waals surface area contributed by atoms with Gasteiger partial charge in [-0.05, 0) is 30.7 Å². The van der Waals surface area contributed by atoms with Crippen LogP contribution >= 0.6 is 0 Å². The largest absolute Gasteiger partial charge is 0.480 e. The van der Waals surface area contributed by atoms with Gasteiger partial charge in [0.25, 0.3) is 0 Å². The molecule has 1 N–H and O–H groups in total. The second-order valence-corrected chi connectivity index (χ2v) is 5.05. The predicted molar refractivity (Wildman–Crippen MR) is 50.8 cm³/mol. The summed E-state index contributed by atoms with van der Waals surface area (Å²) in [5.41, 5.74) is 0.168. The smallest absolute Gasteiger partial charge is 0.319 e. The molecule has 1 aromatic rings. The molecule has 0 bridgehead atoms. The highest BCUT2D eigenvalue weighted by Gasteiger charge is 2.19. The number of carbonyl (C=O) groups is 1. The fraction of sp³-hybridized carbons (Fsp3) is 0.222. The van der Waals surface area contributed by atoms with Crippen LogP contribution in [0, 0.1) is 12.7 Å². The average molecular weight is 232 g/mol. The van der Waals surface area contributed by atoms with Crippen molar-refractivity contribution in [1.29, 1.82) is 0 Å². The molecular weight excluding hydrogens is 223 g/mol. The van der Waals surface area contributed by atoms with Gasteiger partial charge in [-0.2, -0.15) is 0 Å². The number of carboxylic acids is 1. The van der Waals surface area contributed by atoms with Crippen LogP contribution < -0.4 is 0 Å². The minimum absolute atomic E-state index is 0.168. The van der Waals surface area contributed by atoms with E-state index >= 15 is 0 Å². The van der Waals surface area contributed by atoms with Crippen LogP contribution in [0.2, 0.25) is 0 Å². The van der Waals surface area contributed by atoms with Crippen LogP contribution in [-0.4, -0.2) is 25.2 Å². The lowest BCUT2D eigenvalue weighted by Crippen LogP contribution is -2.15. The second-order valence-electron chi connectivity index (χ2n) is 3.06. The predicted octanol–water partition coefficient (Wildman–Crippen LogP) is 0.992. The minimum atomic E-state index is -3.86. The SMILES string of the molecule is Cc1cc(S(=O)(=O)CC(=O)O)ccc1F. The maximum Gasteiger partial charge on any atom is 0.319 e. The highest BCUT2D eigenvalue weighted by atomic mass is 32.2. The first-order valence-electron chi connectivity index (χ1n) is 4.03. The summed E-state index contributed by atoms with van der Waals surface area (Å²) in [5, 5.41) is 8.38. The maximum absolute atomic E-state index is 12.8. The normalized spacial score (nSPS) is 11.3. The zero-order valence-corrected chi connectivity index (χ0v) is 8.71. The van der Waals surface area contributed by atoms with Gasteiger partial charge in [0, 0.05) is 0 Å². The zero-order chi connectivity index (χ0) is 11.6. The Morgan fingerprint density at radius 1 is 1.47 bits per heavy atom. The number of hydrogen-bond acceptors (Lipinski definition) is 3. The summed E-state index contributed by atoms with van der Waals surface area (Å²) in [7, 11) is -3.86. The van der Waals surface area contributed by atoms with Gasteiger partial charge in [0.15, 0.2) is 15.6 Å². The van der Waals surface area contributed by atoms with Crippen LogP contribution in [0.25, 0.3) is 0 Å². The number of aliphatic carboxylic acids is 1. The first kappa shape index (κ1) is 11.6. The molecule has 0 heterocycles. The Morgan fingerprint density at radius 3 is 2.53 bits per heavy atom. The third-order valence-corrected chi connectivity index (χ3v) is 3.40. The minimum Gasteiger partial charge on any atom is -0.480 e. The number of halogens is 1. The van der Waals surface area contributed by atoms with Crippen LogP contribution in [0.4, 0.5) is 4.39 Å². The number of rotatable bonds is 3.